The monoisotopic (exact) mass is 293 g/mol. The number of carbonyl (C=O) groups excluding carboxylic acids is 1. The molecule has 0 bridgehead atoms. The van der Waals surface area contributed by atoms with Crippen LogP contribution in [0.15, 0.2) is 23.0 Å². The Labute approximate surface area is 121 Å². The normalized spacial score (nSPS) is 11.0. The molecule has 0 fully saturated rings. The summed E-state index contributed by atoms with van der Waals surface area (Å²) >= 11 is 1.20. The minimum absolute atomic E-state index is 0.0302. The molecule has 0 unspecified atom stereocenters. The van der Waals surface area contributed by atoms with Crippen LogP contribution in [-0.2, 0) is 0 Å². The second-order valence-corrected chi connectivity index (χ2v) is 5.89. The number of aromatic nitrogens is 1. The topological polar surface area (TPSA) is 63.1 Å². The number of rotatable bonds is 4. The second kappa shape index (κ2) is 6.09. The predicted octanol–water partition coefficient (Wildman–Crippen LogP) is 3.18. The van der Waals surface area contributed by atoms with Crippen LogP contribution in [0.5, 0.6) is 0 Å². The summed E-state index contributed by atoms with van der Waals surface area (Å²) in [7, 11) is 0. The van der Waals surface area contributed by atoms with Crippen molar-refractivity contribution in [2.45, 2.75) is 33.2 Å². The van der Waals surface area contributed by atoms with Gasteiger partial charge in [-0.3, -0.25) is 9.36 Å². The fourth-order valence-electron chi connectivity index (χ4n) is 2.02. The molecule has 0 saturated carbocycles. The lowest BCUT2D eigenvalue weighted by molar-refractivity contribution is 0.252. The van der Waals surface area contributed by atoms with E-state index >= 15 is 0 Å². The quantitative estimate of drug-likeness (QED) is 0.909. The van der Waals surface area contributed by atoms with Crippen LogP contribution in [-0.4, -0.2) is 17.1 Å². The Morgan fingerprint density at radius 2 is 2.15 bits per heavy atom. The Bertz CT molecular complexity index is 673. The van der Waals surface area contributed by atoms with E-state index in [0.29, 0.717) is 12.2 Å². The smallest absolute Gasteiger partial charge is 0.319 e. The van der Waals surface area contributed by atoms with Crippen LogP contribution in [0, 0.1) is 0 Å². The summed E-state index contributed by atoms with van der Waals surface area (Å²) in [6, 6.07) is 5.44. The molecule has 0 atom stereocenters. The van der Waals surface area contributed by atoms with Crippen molar-refractivity contribution in [3.05, 3.63) is 27.9 Å². The van der Waals surface area contributed by atoms with Gasteiger partial charge in [-0.15, -0.1) is 0 Å². The molecule has 0 radical (unpaired) electrons. The van der Waals surface area contributed by atoms with E-state index in [4.69, 9.17) is 0 Å². The Morgan fingerprint density at radius 3 is 2.80 bits per heavy atom. The first-order valence-electron chi connectivity index (χ1n) is 6.73. The summed E-state index contributed by atoms with van der Waals surface area (Å²) in [6.45, 7) is 6.61. The Balaban J connectivity index is 2.27. The SMILES string of the molecule is CCCNC(=O)Nc1ccc2c(c1)sc(=O)n2C(C)C. The molecule has 0 saturated heterocycles. The number of thiazole rings is 1. The second-order valence-electron chi connectivity index (χ2n) is 4.90. The summed E-state index contributed by atoms with van der Waals surface area (Å²) in [5.74, 6) is 0. The van der Waals surface area contributed by atoms with Gasteiger partial charge >= 0.3 is 10.9 Å². The number of nitrogens with one attached hydrogen (secondary N) is 2. The van der Waals surface area contributed by atoms with Gasteiger partial charge in [0, 0.05) is 18.3 Å². The van der Waals surface area contributed by atoms with Crippen LogP contribution < -0.4 is 15.5 Å². The van der Waals surface area contributed by atoms with Gasteiger partial charge in [0.05, 0.1) is 10.2 Å². The molecule has 2 aromatic rings. The summed E-state index contributed by atoms with van der Waals surface area (Å²) < 4.78 is 2.65. The van der Waals surface area contributed by atoms with E-state index in [0.717, 1.165) is 16.6 Å². The number of fused-ring (bicyclic) bond motifs is 1. The third-order valence-corrected chi connectivity index (χ3v) is 3.84. The van der Waals surface area contributed by atoms with Gasteiger partial charge in [0.15, 0.2) is 0 Å². The zero-order valence-corrected chi connectivity index (χ0v) is 12.7. The number of carbonyl (C=O) groups is 1. The number of hydrogen-bond acceptors (Lipinski definition) is 3. The van der Waals surface area contributed by atoms with Gasteiger partial charge in [-0.1, -0.05) is 18.3 Å². The number of nitrogens with zero attached hydrogens (tertiary/aromatic N) is 1. The van der Waals surface area contributed by atoms with Crippen molar-refractivity contribution in [1.82, 2.24) is 9.88 Å². The van der Waals surface area contributed by atoms with Gasteiger partial charge in [0.2, 0.25) is 0 Å². The summed E-state index contributed by atoms with van der Waals surface area (Å²) in [5, 5.41) is 5.52. The highest BCUT2D eigenvalue weighted by Gasteiger charge is 2.11. The first kappa shape index (κ1) is 14.6. The van der Waals surface area contributed by atoms with Crippen LogP contribution in [0.3, 0.4) is 0 Å². The maximum absolute atomic E-state index is 11.9. The van der Waals surface area contributed by atoms with E-state index in [1.54, 1.807) is 4.57 Å². The molecule has 1 heterocycles. The average Bonchev–Trinajstić information content (AvgIpc) is 2.71. The van der Waals surface area contributed by atoms with Crippen molar-refractivity contribution in [3.63, 3.8) is 0 Å². The molecular weight excluding hydrogens is 274 g/mol. The van der Waals surface area contributed by atoms with E-state index < -0.39 is 0 Å². The number of urea groups is 1. The fourth-order valence-corrected chi connectivity index (χ4v) is 3.07. The van der Waals surface area contributed by atoms with E-state index in [1.165, 1.54) is 11.3 Å². The largest absolute Gasteiger partial charge is 0.338 e. The highest BCUT2D eigenvalue weighted by molar-refractivity contribution is 7.16. The van der Waals surface area contributed by atoms with Crippen molar-refractivity contribution in [2.75, 3.05) is 11.9 Å². The molecule has 108 valence electrons. The van der Waals surface area contributed by atoms with E-state index in [-0.39, 0.29) is 16.9 Å². The minimum Gasteiger partial charge on any atom is -0.338 e. The third-order valence-electron chi connectivity index (χ3n) is 2.92. The van der Waals surface area contributed by atoms with Crippen LogP contribution in [0.2, 0.25) is 0 Å². The number of benzene rings is 1. The predicted molar refractivity (Wildman–Crippen MR) is 83.8 cm³/mol. The first-order chi connectivity index (χ1) is 9.52. The summed E-state index contributed by atoms with van der Waals surface area (Å²) in [5.41, 5.74) is 1.61. The lowest BCUT2D eigenvalue weighted by atomic mass is 10.2. The van der Waals surface area contributed by atoms with Crippen LogP contribution in [0.1, 0.15) is 33.2 Å². The van der Waals surface area contributed by atoms with Gasteiger partial charge in [0.1, 0.15) is 0 Å². The summed E-state index contributed by atoms with van der Waals surface area (Å²) in [6.07, 6.45) is 0.894. The number of amides is 2. The van der Waals surface area contributed by atoms with Crippen molar-refractivity contribution >= 4 is 33.3 Å². The average molecular weight is 293 g/mol. The van der Waals surface area contributed by atoms with Gasteiger partial charge in [-0.2, -0.15) is 0 Å². The molecule has 2 amide bonds. The van der Waals surface area contributed by atoms with Gasteiger partial charge in [-0.05, 0) is 38.5 Å². The third kappa shape index (κ3) is 3.01. The van der Waals surface area contributed by atoms with Crippen LogP contribution in [0.4, 0.5) is 10.5 Å². The molecule has 0 aliphatic rings. The molecular formula is C14H19N3O2S. The minimum atomic E-state index is -0.221. The molecule has 20 heavy (non-hydrogen) atoms. The van der Waals surface area contributed by atoms with E-state index in [1.807, 2.05) is 39.0 Å². The molecule has 2 rings (SSSR count). The van der Waals surface area contributed by atoms with E-state index in [9.17, 15) is 9.59 Å². The lowest BCUT2D eigenvalue weighted by Crippen LogP contribution is -2.29. The highest BCUT2D eigenvalue weighted by atomic mass is 32.1. The Kier molecular flexibility index (Phi) is 4.44. The van der Waals surface area contributed by atoms with Crippen molar-refractivity contribution in [2.24, 2.45) is 0 Å². The molecule has 6 heteroatoms. The van der Waals surface area contributed by atoms with Crippen molar-refractivity contribution < 1.29 is 4.79 Å². The van der Waals surface area contributed by atoms with Gasteiger partial charge in [-0.25, -0.2) is 4.79 Å². The molecule has 0 aliphatic carbocycles. The zero-order chi connectivity index (χ0) is 14.7. The fraction of sp³-hybridized carbons (Fsp3) is 0.429. The maximum atomic E-state index is 11.9. The first-order valence-corrected chi connectivity index (χ1v) is 7.54. The highest BCUT2D eigenvalue weighted by Crippen LogP contribution is 2.24. The van der Waals surface area contributed by atoms with E-state index in [2.05, 4.69) is 10.6 Å². The van der Waals surface area contributed by atoms with Crippen LogP contribution >= 0.6 is 11.3 Å². The lowest BCUT2D eigenvalue weighted by Gasteiger charge is -2.09. The van der Waals surface area contributed by atoms with Crippen LogP contribution in [0.25, 0.3) is 10.2 Å². The van der Waals surface area contributed by atoms with Crippen molar-refractivity contribution in [3.8, 4) is 0 Å². The van der Waals surface area contributed by atoms with Crippen molar-refractivity contribution in [1.29, 1.82) is 0 Å². The molecule has 1 aromatic heterocycles. The molecule has 1 aromatic carbocycles. The summed E-state index contributed by atoms with van der Waals surface area (Å²) in [4.78, 5) is 23.6. The maximum Gasteiger partial charge on any atom is 0.319 e. The molecule has 5 nitrogen and oxygen atoms in total. The molecule has 0 spiro atoms. The van der Waals surface area contributed by atoms with Gasteiger partial charge in [0.25, 0.3) is 0 Å². The number of anilines is 1. The number of hydrogen-bond donors (Lipinski definition) is 2. The Hall–Kier alpha value is -1.82. The standard InChI is InChI=1S/C14H19N3O2S/c1-4-7-15-13(18)16-10-5-6-11-12(8-10)20-14(19)17(11)9(2)3/h5-6,8-9H,4,7H2,1-3H3,(H2,15,16,18). The molecule has 0 aliphatic heterocycles. The Morgan fingerprint density at radius 1 is 1.40 bits per heavy atom. The van der Waals surface area contributed by atoms with Gasteiger partial charge < -0.3 is 10.6 Å². The zero-order valence-electron chi connectivity index (χ0n) is 11.9. The molecule has 2 N–H and O–H groups in total.